The van der Waals surface area contributed by atoms with Crippen LogP contribution in [0.5, 0.6) is 0 Å². The van der Waals surface area contributed by atoms with E-state index in [4.69, 9.17) is 11.6 Å². The molecule has 0 spiro atoms. The molecule has 0 unspecified atom stereocenters. The van der Waals surface area contributed by atoms with Gasteiger partial charge >= 0.3 is 0 Å². The number of rotatable bonds is 5. The fourth-order valence-corrected chi connectivity index (χ4v) is 3.49. The van der Waals surface area contributed by atoms with Gasteiger partial charge in [0.05, 0.1) is 10.7 Å². The van der Waals surface area contributed by atoms with Crippen molar-refractivity contribution >= 4 is 27.3 Å². The average Bonchev–Trinajstić information content (AvgIpc) is 2.40. The lowest BCUT2D eigenvalue weighted by Gasteiger charge is -2.11. The lowest BCUT2D eigenvalue weighted by molar-refractivity contribution is 0.601. The van der Waals surface area contributed by atoms with Crippen molar-refractivity contribution in [2.75, 3.05) is 11.8 Å². The summed E-state index contributed by atoms with van der Waals surface area (Å²) in [6.07, 6.45) is 1.55. The Morgan fingerprint density at radius 2 is 2.00 bits per heavy atom. The predicted octanol–water partition coefficient (Wildman–Crippen LogP) is 2.56. The summed E-state index contributed by atoms with van der Waals surface area (Å²) >= 11 is 6.03. The maximum absolute atomic E-state index is 12.5. The summed E-state index contributed by atoms with van der Waals surface area (Å²) in [5.41, 5.74) is 2.02. The SMILES string of the molecule is CNCc1ccc(Cl)c(S(=O)(=O)Nc2ccnc(C)c2)c1. The number of sulfonamides is 1. The van der Waals surface area contributed by atoms with E-state index in [0.29, 0.717) is 12.2 Å². The van der Waals surface area contributed by atoms with Crippen LogP contribution in [0.4, 0.5) is 5.69 Å². The van der Waals surface area contributed by atoms with Crippen LogP contribution < -0.4 is 10.0 Å². The van der Waals surface area contributed by atoms with Crippen molar-refractivity contribution in [3.05, 3.63) is 52.8 Å². The zero-order chi connectivity index (χ0) is 15.5. The number of aromatic nitrogens is 1. The van der Waals surface area contributed by atoms with Gasteiger partial charge < -0.3 is 5.32 Å². The standard InChI is InChI=1S/C14H16ClN3O2S/c1-10-7-12(5-6-17-10)18-21(19,20)14-8-11(9-16-2)3-4-13(14)15/h3-8,16H,9H2,1-2H3,(H,17,18). The van der Waals surface area contributed by atoms with E-state index in [9.17, 15) is 8.42 Å². The maximum atomic E-state index is 12.5. The Labute approximate surface area is 129 Å². The monoisotopic (exact) mass is 325 g/mol. The Morgan fingerprint density at radius 3 is 2.67 bits per heavy atom. The summed E-state index contributed by atoms with van der Waals surface area (Å²) in [5, 5.41) is 3.16. The molecule has 7 heteroatoms. The minimum absolute atomic E-state index is 0.0615. The number of nitrogens with one attached hydrogen (secondary N) is 2. The van der Waals surface area contributed by atoms with Crippen molar-refractivity contribution in [1.29, 1.82) is 0 Å². The molecule has 0 atom stereocenters. The molecule has 1 aromatic carbocycles. The quantitative estimate of drug-likeness (QED) is 0.886. The molecule has 0 aliphatic rings. The molecule has 0 fully saturated rings. The summed E-state index contributed by atoms with van der Waals surface area (Å²) in [7, 11) is -1.95. The van der Waals surface area contributed by atoms with Gasteiger partial charge in [-0.15, -0.1) is 0 Å². The summed E-state index contributed by atoms with van der Waals surface area (Å²) in [6.45, 7) is 2.35. The van der Waals surface area contributed by atoms with E-state index in [0.717, 1.165) is 11.3 Å². The van der Waals surface area contributed by atoms with Crippen LogP contribution >= 0.6 is 11.6 Å². The number of hydrogen-bond donors (Lipinski definition) is 2. The Balaban J connectivity index is 2.37. The molecule has 21 heavy (non-hydrogen) atoms. The van der Waals surface area contributed by atoms with Crippen molar-refractivity contribution < 1.29 is 8.42 Å². The zero-order valence-electron chi connectivity index (χ0n) is 11.7. The molecule has 2 N–H and O–H groups in total. The highest BCUT2D eigenvalue weighted by Crippen LogP contribution is 2.25. The Morgan fingerprint density at radius 1 is 1.24 bits per heavy atom. The summed E-state index contributed by atoms with van der Waals surface area (Å²) in [4.78, 5) is 4.09. The molecule has 1 heterocycles. The maximum Gasteiger partial charge on any atom is 0.263 e. The first-order chi connectivity index (χ1) is 9.92. The highest BCUT2D eigenvalue weighted by Gasteiger charge is 2.18. The number of halogens is 1. The highest BCUT2D eigenvalue weighted by molar-refractivity contribution is 7.92. The van der Waals surface area contributed by atoms with Gasteiger partial charge in [0, 0.05) is 18.4 Å². The van der Waals surface area contributed by atoms with E-state index in [1.54, 1.807) is 50.5 Å². The molecule has 0 aliphatic carbocycles. The van der Waals surface area contributed by atoms with Gasteiger partial charge in [0.25, 0.3) is 10.0 Å². The molecule has 0 amide bonds. The van der Waals surface area contributed by atoms with Gasteiger partial charge in [0.15, 0.2) is 0 Å². The van der Waals surface area contributed by atoms with Gasteiger partial charge in [-0.2, -0.15) is 0 Å². The van der Waals surface area contributed by atoms with E-state index in [1.807, 2.05) is 0 Å². The van der Waals surface area contributed by atoms with Crippen molar-refractivity contribution in [2.45, 2.75) is 18.4 Å². The van der Waals surface area contributed by atoms with E-state index in [1.165, 1.54) is 0 Å². The van der Waals surface area contributed by atoms with Gasteiger partial charge in [-0.25, -0.2) is 8.42 Å². The van der Waals surface area contributed by atoms with Crippen LogP contribution in [0.25, 0.3) is 0 Å². The second-order valence-corrected chi connectivity index (χ2v) is 6.64. The Kier molecular flexibility index (Phi) is 4.82. The van der Waals surface area contributed by atoms with E-state index >= 15 is 0 Å². The molecule has 0 bridgehead atoms. The number of nitrogens with zero attached hydrogens (tertiary/aromatic N) is 1. The first kappa shape index (κ1) is 15.8. The predicted molar refractivity (Wildman–Crippen MR) is 84.0 cm³/mol. The smallest absolute Gasteiger partial charge is 0.263 e. The summed E-state index contributed by atoms with van der Waals surface area (Å²) in [5.74, 6) is 0. The zero-order valence-corrected chi connectivity index (χ0v) is 13.3. The number of anilines is 1. The summed E-state index contributed by atoms with van der Waals surface area (Å²) < 4.78 is 27.4. The highest BCUT2D eigenvalue weighted by atomic mass is 35.5. The molecule has 1 aromatic heterocycles. The third-order valence-electron chi connectivity index (χ3n) is 2.81. The van der Waals surface area contributed by atoms with Crippen LogP contribution in [0.1, 0.15) is 11.3 Å². The van der Waals surface area contributed by atoms with Crippen molar-refractivity contribution in [3.63, 3.8) is 0 Å². The molecule has 2 rings (SSSR count). The third kappa shape index (κ3) is 3.93. The molecule has 0 saturated heterocycles. The van der Waals surface area contributed by atoms with Crippen LogP contribution in [0.3, 0.4) is 0 Å². The van der Waals surface area contributed by atoms with E-state index in [2.05, 4.69) is 15.0 Å². The lowest BCUT2D eigenvalue weighted by Crippen LogP contribution is -2.15. The molecular formula is C14H16ClN3O2S. The van der Waals surface area contributed by atoms with Gasteiger partial charge in [-0.05, 0) is 43.8 Å². The molecule has 112 valence electrons. The van der Waals surface area contributed by atoms with Crippen LogP contribution in [0.2, 0.25) is 5.02 Å². The molecule has 0 radical (unpaired) electrons. The normalized spacial score (nSPS) is 11.4. The second kappa shape index (κ2) is 6.43. The first-order valence-corrected chi connectivity index (χ1v) is 8.17. The molecular weight excluding hydrogens is 310 g/mol. The van der Waals surface area contributed by atoms with Crippen LogP contribution in [-0.2, 0) is 16.6 Å². The Bertz CT molecular complexity index is 748. The van der Waals surface area contributed by atoms with Crippen molar-refractivity contribution in [3.8, 4) is 0 Å². The minimum Gasteiger partial charge on any atom is -0.316 e. The van der Waals surface area contributed by atoms with E-state index in [-0.39, 0.29) is 9.92 Å². The lowest BCUT2D eigenvalue weighted by atomic mass is 10.2. The summed E-state index contributed by atoms with van der Waals surface area (Å²) in [6, 6.07) is 8.18. The molecule has 0 aliphatic heterocycles. The van der Waals surface area contributed by atoms with E-state index < -0.39 is 10.0 Å². The number of benzene rings is 1. The third-order valence-corrected chi connectivity index (χ3v) is 4.68. The van der Waals surface area contributed by atoms with Crippen molar-refractivity contribution in [2.24, 2.45) is 0 Å². The number of hydrogen-bond acceptors (Lipinski definition) is 4. The topological polar surface area (TPSA) is 71.1 Å². The van der Waals surface area contributed by atoms with Crippen LogP contribution in [0.15, 0.2) is 41.4 Å². The van der Waals surface area contributed by atoms with Gasteiger partial charge in [-0.3, -0.25) is 9.71 Å². The number of pyridine rings is 1. The van der Waals surface area contributed by atoms with Crippen LogP contribution in [0, 0.1) is 6.92 Å². The van der Waals surface area contributed by atoms with Gasteiger partial charge in [-0.1, -0.05) is 17.7 Å². The fourth-order valence-electron chi connectivity index (χ4n) is 1.89. The average molecular weight is 326 g/mol. The minimum atomic E-state index is -3.74. The van der Waals surface area contributed by atoms with Gasteiger partial charge in [0.2, 0.25) is 0 Å². The Hall–Kier alpha value is -1.63. The number of aryl methyl sites for hydroxylation is 1. The molecule has 0 saturated carbocycles. The van der Waals surface area contributed by atoms with Crippen LogP contribution in [-0.4, -0.2) is 20.4 Å². The fraction of sp³-hybridized carbons (Fsp3) is 0.214. The first-order valence-electron chi connectivity index (χ1n) is 6.31. The van der Waals surface area contributed by atoms with Crippen molar-refractivity contribution in [1.82, 2.24) is 10.3 Å². The van der Waals surface area contributed by atoms with Gasteiger partial charge in [0.1, 0.15) is 4.90 Å². The molecule has 2 aromatic rings. The second-order valence-electron chi connectivity index (χ2n) is 4.59. The molecule has 5 nitrogen and oxygen atoms in total. The largest absolute Gasteiger partial charge is 0.316 e.